The first-order chi connectivity index (χ1) is 9.57. The number of anilines is 1. The molecule has 0 bridgehead atoms. The van der Waals surface area contributed by atoms with E-state index in [2.05, 4.69) is 10.0 Å². The fraction of sp³-hybridized carbons (Fsp3) is 0.538. The Kier molecular flexibility index (Phi) is 4.07. The van der Waals surface area contributed by atoms with Crippen molar-refractivity contribution in [3.05, 3.63) is 18.2 Å². The predicted molar refractivity (Wildman–Crippen MR) is 81.6 cm³/mol. The quantitative estimate of drug-likeness (QED) is 0.817. The first kappa shape index (κ1) is 16.3. The Bertz CT molecular complexity index is 750. The number of sulfonamides is 1. The van der Waals surface area contributed by atoms with Gasteiger partial charge in [-0.05, 0) is 36.5 Å². The van der Waals surface area contributed by atoms with Gasteiger partial charge in [-0.3, -0.25) is 0 Å². The summed E-state index contributed by atoms with van der Waals surface area (Å²) in [6, 6.07) is 4.05. The Morgan fingerprint density at radius 3 is 2.29 bits per heavy atom. The summed E-state index contributed by atoms with van der Waals surface area (Å²) in [5, 5.41) is 2.78. The summed E-state index contributed by atoms with van der Waals surface area (Å²) >= 11 is 0. The lowest BCUT2D eigenvalue weighted by Crippen LogP contribution is -2.29. The lowest BCUT2D eigenvalue weighted by Gasteiger charge is -2.14. The van der Waals surface area contributed by atoms with E-state index in [4.69, 9.17) is 0 Å². The molecule has 8 heteroatoms. The van der Waals surface area contributed by atoms with Crippen LogP contribution >= 0.6 is 0 Å². The molecule has 2 rings (SSSR count). The van der Waals surface area contributed by atoms with Gasteiger partial charge >= 0.3 is 0 Å². The van der Waals surface area contributed by atoms with Gasteiger partial charge in [-0.2, -0.15) is 0 Å². The van der Waals surface area contributed by atoms with Crippen LogP contribution in [0.15, 0.2) is 28.0 Å². The van der Waals surface area contributed by atoms with Crippen molar-refractivity contribution in [1.82, 2.24) is 4.72 Å². The van der Waals surface area contributed by atoms with Crippen LogP contribution in [0.3, 0.4) is 0 Å². The normalized spacial score (nSPS) is 17.5. The van der Waals surface area contributed by atoms with E-state index in [1.807, 2.05) is 6.92 Å². The minimum absolute atomic E-state index is 0.0143. The number of nitrogens with one attached hydrogen (secondary N) is 2. The molecule has 1 fully saturated rings. The van der Waals surface area contributed by atoms with Gasteiger partial charge in [0.2, 0.25) is 10.0 Å². The molecule has 0 aliphatic heterocycles. The van der Waals surface area contributed by atoms with Gasteiger partial charge < -0.3 is 5.32 Å². The molecule has 21 heavy (non-hydrogen) atoms. The minimum Gasteiger partial charge on any atom is -0.387 e. The van der Waals surface area contributed by atoms with Gasteiger partial charge in [0, 0.05) is 19.8 Å². The highest BCUT2D eigenvalue weighted by Gasteiger charge is 2.38. The van der Waals surface area contributed by atoms with E-state index in [1.54, 1.807) is 7.05 Å². The average Bonchev–Trinajstić information content (AvgIpc) is 3.13. The minimum atomic E-state index is -3.76. The third-order valence-corrected chi connectivity index (χ3v) is 6.28. The molecule has 1 aliphatic rings. The van der Waals surface area contributed by atoms with E-state index in [1.165, 1.54) is 18.2 Å². The summed E-state index contributed by atoms with van der Waals surface area (Å²) in [6.45, 7) is 2.38. The number of rotatable bonds is 6. The highest BCUT2D eigenvalue weighted by atomic mass is 32.2. The highest BCUT2D eigenvalue weighted by molar-refractivity contribution is 7.91. The molecule has 118 valence electrons. The fourth-order valence-electron chi connectivity index (χ4n) is 1.90. The third-order valence-electron chi connectivity index (χ3n) is 3.73. The standard InChI is InChI=1S/C13H20N2O4S2/c1-13(6-7-13)9-15-21(18,19)12-8-10(20(3,16)17)4-5-11(12)14-2/h4-5,8,14-15H,6-7,9H2,1-3H3. The Balaban J connectivity index is 2.39. The lowest BCUT2D eigenvalue weighted by molar-refractivity contribution is 0.530. The largest absolute Gasteiger partial charge is 0.387 e. The average molecular weight is 332 g/mol. The summed E-state index contributed by atoms with van der Waals surface area (Å²) in [7, 11) is -5.62. The maximum Gasteiger partial charge on any atom is 0.242 e. The summed E-state index contributed by atoms with van der Waals surface area (Å²) < 4.78 is 50.6. The molecule has 0 amide bonds. The third kappa shape index (κ3) is 3.75. The topological polar surface area (TPSA) is 92.3 Å². The van der Waals surface area contributed by atoms with Crippen LogP contribution in [0.4, 0.5) is 5.69 Å². The molecule has 0 unspecified atom stereocenters. The second-order valence-corrected chi connectivity index (χ2v) is 9.57. The molecule has 0 saturated heterocycles. The summed E-state index contributed by atoms with van der Waals surface area (Å²) in [4.78, 5) is -0.0586. The van der Waals surface area contributed by atoms with Crippen LogP contribution in [0.25, 0.3) is 0 Å². The highest BCUT2D eigenvalue weighted by Crippen LogP contribution is 2.44. The number of sulfone groups is 1. The predicted octanol–water partition coefficient (Wildman–Crippen LogP) is 1.21. The van der Waals surface area contributed by atoms with Gasteiger partial charge in [-0.25, -0.2) is 21.6 Å². The van der Waals surface area contributed by atoms with Crippen LogP contribution in [0.5, 0.6) is 0 Å². The number of hydrogen-bond donors (Lipinski definition) is 2. The van der Waals surface area contributed by atoms with Gasteiger partial charge in [0.25, 0.3) is 0 Å². The smallest absolute Gasteiger partial charge is 0.242 e. The van der Waals surface area contributed by atoms with Crippen molar-refractivity contribution in [2.24, 2.45) is 5.41 Å². The Morgan fingerprint density at radius 1 is 1.19 bits per heavy atom. The summed E-state index contributed by atoms with van der Waals surface area (Å²) in [5.41, 5.74) is 0.400. The van der Waals surface area contributed by atoms with Crippen molar-refractivity contribution in [3.63, 3.8) is 0 Å². The van der Waals surface area contributed by atoms with E-state index in [-0.39, 0.29) is 15.2 Å². The summed E-state index contributed by atoms with van der Waals surface area (Å²) in [6.07, 6.45) is 3.05. The summed E-state index contributed by atoms with van der Waals surface area (Å²) in [5.74, 6) is 0. The Labute approximate surface area is 125 Å². The molecule has 2 N–H and O–H groups in total. The first-order valence-electron chi connectivity index (χ1n) is 6.59. The number of benzene rings is 1. The van der Waals surface area contributed by atoms with Gasteiger partial charge in [0.1, 0.15) is 4.90 Å². The van der Waals surface area contributed by atoms with Crippen molar-refractivity contribution in [2.45, 2.75) is 29.6 Å². The zero-order chi connectivity index (χ0) is 15.9. The van der Waals surface area contributed by atoms with Crippen molar-refractivity contribution in [2.75, 3.05) is 25.2 Å². The zero-order valence-electron chi connectivity index (χ0n) is 12.3. The molecule has 1 aromatic carbocycles. The number of hydrogen-bond acceptors (Lipinski definition) is 5. The maximum atomic E-state index is 12.4. The van der Waals surface area contributed by atoms with E-state index in [0.717, 1.165) is 19.1 Å². The second-order valence-electron chi connectivity index (χ2n) is 5.82. The van der Waals surface area contributed by atoms with Gasteiger partial charge in [-0.15, -0.1) is 0 Å². The SMILES string of the molecule is CNc1ccc(S(C)(=O)=O)cc1S(=O)(=O)NCC1(C)CC1. The first-order valence-corrected chi connectivity index (χ1v) is 9.96. The monoisotopic (exact) mass is 332 g/mol. The van der Waals surface area contributed by atoms with Crippen LogP contribution in [0.2, 0.25) is 0 Å². The van der Waals surface area contributed by atoms with E-state index < -0.39 is 19.9 Å². The molecule has 0 heterocycles. The van der Waals surface area contributed by atoms with Crippen molar-refractivity contribution in [1.29, 1.82) is 0 Å². The van der Waals surface area contributed by atoms with Gasteiger partial charge in [0.15, 0.2) is 9.84 Å². The molecular formula is C13H20N2O4S2. The fourth-order valence-corrected chi connectivity index (χ4v) is 4.06. The maximum absolute atomic E-state index is 12.4. The molecule has 0 spiro atoms. The van der Waals surface area contributed by atoms with E-state index in [9.17, 15) is 16.8 Å². The van der Waals surface area contributed by atoms with E-state index in [0.29, 0.717) is 12.2 Å². The molecular weight excluding hydrogens is 312 g/mol. The van der Waals surface area contributed by atoms with Crippen molar-refractivity contribution < 1.29 is 16.8 Å². The Hall–Kier alpha value is -1.12. The van der Waals surface area contributed by atoms with Gasteiger partial charge in [-0.1, -0.05) is 6.92 Å². The molecule has 1 aromatic rings. The van der Waals surface area contributed by atoms with Crippen LogP contribution in [0, 0.1) is 5.41 Å². The second kappa shape index (κ2) is 5.26. The van der Waals surface area contributed by atoms with Crippen LogP contribution in [0.1, 0.15) is 19.8 Å². The molecule has 1 aliphatic carbocycles. The molecule has 6 nitrogen and oxygen atoms in total. The van der Waals surface area contributed by atoms with Crippen LogP contribution in [-0.4, -0.2) is 36.7 Å². The lowest BCUT2D eigenvalue weighted by atomic mass is 10.2. The molecule has 0 atom stereocenters. The van der Waals surface area contributed by atoms with Crippen molar-refractivity contribution in [3.8, 4) is 0 Å². The van der Waals surface area contributed by atoms with Crippen molar-refractivity contribution >= 4 is 25.5 Å². The Morgan fingerprint density at radius 2 is 1.81 bits per heavy atom. The molecule has 0 radical (unpaired) electrons. The molecule has 1 saturated carbocycles. The van der Waals surface area contributed by atoms with Gasteiger partial charge in [0.05, 0.1) is 10.6 Å². The molecule has 0 aromatic heterocycles. The van der Waals surface area contributed by atoms with E-state index >= 15 is 0 Å². The van der Waals surface area contributed by atoms with Crippen LogP contribution < -0.4 is 10.0 Å². The van der Waals surface area contributed by atoms with Crippen LogP contribution in [-0.2, 0) is 19.9 Å². The zero-order valence-corrected chi connectivity index (χ0v) is 13.9.